The average Bonchev–Trinajstić information content (AvgIpc) is 2.27. The van der Waals surface area contributed by atoms with E-state index >= 15 is 0 Å². The van der Waals surface area contributed by atoms with Gasteiger partial charge in [-0.1, -0.05) is 39.3 Å². The van der Waals surface area contributed by atoms with Crippen LogP contribution in [-0.2, 0) is 0 Å². The van der Waals surface area contributed by atoms with Crippen LogP contribution in [-0.4, -0.2) is 11.9 Å². The first-order valence-electron chi connectivity index (χ1n) is 7.65. The van der Waals surface area contributed by atoms with E-state index in [0.717, 1.165) is 24.8 Å². The van der Waals surface area contributed by atoms with Crippen molar-refractivity contribution in [3.8, 4) is 0 Å². The number of rotatable bonds is 2. The normalized spacial score (nSPS) is 21.0. The largest absolute Gasteiger partial charge is 0.349 e. The van der Waals surface area contributed by atoms with Crippen LogP contribution >= 0.6 is 0 Å². The van der Waals surface area contributed by atoms with E-state index in [2.05, 4.69) is 33.0 Å². The van der Waals surface area contributed by atoms with Gasteiger partial charge < -0.3 is 5.32 Å². The van der Waals surface area contributed by atoms with Gasteiger partial charge in [0.25, 0.3) is 5.91 Å². The molecule has 1 fully saturated rings. The molecule has 0 saturated heterocycles. The smallest absolute Gasteiger partial charge is 0.254 e. The predicted molar refractivity (Wildman–Crippen MR) is 83.8 cm³/mol. The van der Waals surface area contributed by atoms with Gasteiger partial charge in [-0.3, -0.25) is 4.79 Å². The van der Waals surface area contributed by atoms with Gasteiger partial charge in [-0.25, -0.2) is 4.39 Å². The van der Waals surface area contributed by atoms with Gasteiger partial charge in [-0.05, 0) is 49.1 Å². The molecule has 1 aromatic carbocycles. The second-order valence-electron chi connectivity index (χ2n) is 8.07. The van der Waals surface area contributed by atoms with E-state index in [9.17, 15) is 9.18 Å². The molecule has 21 heavy (non-hydrogen) atoms. The Balaban J connectivity index is 2.14. The Morgan fingerprint density at radius 1 is 1.19 bits per heavy atom. The Bertz CT molecular complexity index is 532. The van der Waals surface area contributed by atoms with Gasteiger partial charge in [0, 0.05) is 6.04 Å². The summed E-state index contributed by atoms with van der Waals surface area (Å²) in [5.41, 5.74) is 1.44. The van der Waals surface area contributed by atoms with Crippen molar-refractivity contribution >= 4 is 5.91 Å². The second-order valence-corrected chi connectivity index (χ2v) is 8.07. The number of amides is 1. The maximum absolute atomic E-state index is 13.8. The lowest BCUT2D eigenvalue weighted by Crippen LogP contribution is -2.46. The molecule has 0 aliphatic heterocycles. The number of aryl methyl sites for hydroxylation is 1. The van der Waals surface area contributed by atoms with Gasteiger partial charge in [0.15, 0.2) is 0 Å². The lowest BCUT2D eigenvalue weighted by Gasteiger charge is -2.45. The van der Waals surface area contributed by atoms with Crippen molar-refractivity contribution in [2.75, 3.05) is 0 Å². The number of nitrogens with one attached hydrogen (secondary N) is 1. The summed E-state index contributed by atoms with van der Waals surface area (Å²) in [6, 6.07) is 4.76. The molecular formula is C18H26FNO. The monoisotopic (exact) mass is 291 g/mol. The number of halogens is 1. The van der Waals surface area contributed by atoms with Crippen molar-refractivity contribution < 1.29 is 9.18 Å². The van der Waals surface area contributed by atoms with Crippen molar-refractivity contribution in [1.82, 2.24) is 5.32 Å². The third-order valence-corrected chi connectivity index (χ3v) is 4.26. The van der Waals surface area contributed by atoms with E-state index in [1.54, 1.807) is 12.1 Å². The zero-order chi connectivity index (χ0) is 15.8. The third kappa shape index (κ3) is 4.05. The Morgan fingerprint density at radius 3 is 2.33 bits per heavy atom. The fourth-order valence-corrected chi connectivity index (χ4v) is 4.02. The van der Waals surface area contributed by atoms with E-state index in [0.29, 0.717) is 0 Å². The maximum Gasteiger partial charge on any atom is 0.254 e. The summed E-state index contributed by atoms with van der Waals surface area (Å²) in [6.07, 6.45) is 3.02. The fraction of sp³-hybridized carbons (Fsp3) is 0.611. The van der Waals surface area contributed by atoms with E-state index in [1.807, 2.05) is 6.92 Å². The highest BCUT2D eigenvalue weighted by atomic mass is 19.1. The predicted octanol–water partition coefficient (Wildman–Crippen LogP) is 4.47. The topological polar surface area (TPSA) is 29.1 Å². The lowest BCUT2D eigenvalue weighted by atomic mass is 9.63. The van der Waals surface area contributed by atoms with Crippen molar-refractivity contribution in [3.63, 3.8) is 0 Å². The van der Waals surface area contributed by atoms with Crippen LogP contribution in [0.2, 0.25) is 0 Å². The molecule has 1 aromatic rings. The van der Waals surface area contributed by atoms with E-state index in [-0.39, 0.29) is 28.3 Å². The van der Waals surface area contributed by atoms with E-state index < -0.39 is 5.82 Å². The molecule has 1 aliphatic carbocycles. The van der Waals surface area contributed by atoms with E-state index in [4.69, 9.17) is 0 Å². The van der Waals surface area contributed by atoms with Crippen molar-refractivity contribution in [2.45, 2.75) is 59.9 Å². The third-order valence-electron chi connectivity index (χ3n) is 4.26. The summed E-state index contributed by atoms with van der Waals surface area (Å²) in [6.45, 7) is 10.8. The van der Waals surface area contributed by atoms with Gasteiger partial charge in [-0.2, -0.15) is 0 Å². The molecule has 3 heteroatoms. The van der Waals surface area contributed by atoms with Crippen molar-refractivity contribution in [2.24, 2.45) is 10.8 Å². The van der Waals surface area contributed by atoms with Crippen molar-refractivity contribution in [1.29, 1.82) is 0 Å². The van der Waals surface area contributed by atoms with Crippen LogP contribution < -0.4 is 5.32 Å². The molecular weight excluding hydrogens is 265 g/mol. The summed E-state index contributed by atoms with van der Waals surface area (Å²) in [7, 11) is 0. The number of benzene rings is 1. The van der Waals surface area contributed by atoms with Gasteiger partial charge >= 0.3 is 0 Å². The lowest BCUT2D eigenvalue weighted by molar-refractivity contribution is 0.0711. The molecule has 0 spiro atoms. The van der Waals surface area contributed by atoms with Crippen LogP contribution in [0.4, 0.5) is 4.39 Å². The molecule has 2 rings (SSSR count). The molecule has 0 radical (unpaired) electrons. The number of carbonyl (C=O) groups excluding carboxylic acids is 1. The van der Waals surface area contributed by atoms with Crippen LogP contribution in [0.1, 0.15) is 62.9 Å². The summed E-state index contributed by atoms with van der Waals surface area (Å²) < 4.78 is 13.8. The molecule has 1 aliphatic rings. The Labute approximate surface area is 127 Å². The van der Waals surface area contributed by atoms with Crippen LogP contribution in [0.15, 0.2) is 18.2 Å². The Hall–Kier alpha value is -1.38. The standard InChI is InChI=1S/C18H26FNO/c1-12-6-7-15(19)14(8-12)16(21)20-13-9-17(2,3)11-18(4,5)10-13/h6-8,13H,9-11H2,1-5H3,(H,20,21). The van der Waals surface area contributed by atoms with Gasteiger partial charge in [0.1, 0.15) is 5.82 Å². The Morgan fingerprint density at radius 2 is 1.76 bits per heavy atom. The minimum absolute atomic E-state index is 0.108. The molecule has 1 amide bonds. The molecule has 0 unspecified atom stereocenters. The molecule has 0 heterocycles. The Kier molecular flexibility index (Phi) is 4.14. The minimum Gasteiger partial charge on any atom is -0.349 e. The summed E-state index contributed by atoms with van der Waals surface area (Å²) in [4.78, 5) is 12.4. The summed E-state index contributed by atoms with van der Waals surface area (Å²) in [5, 5.41) is 3.04. The first-order chi connectivity index (χ1) is 9.58. The molecule has 1 N–H and O–H groups in total. The highest BCUT2D eigenvalue weighted by Crippen LogP contribution is 2.45. The van der Waals surface area contributed by atoms with Crippen LogP contribution in [0.25, 0.3) is 0 Å². The van der Waals surface area contributed by atoms with Crippen LogP contribution in [0.3, 0.4) is 0 Å². The highest BCUT2D eigenvalue weighted by molar-refractivity contribution is 5.94. The first kappa shape index (κ1) is 16.0. The van der Waals surface area contributed by atoms with Gasteiger partial charge in [-0.15, -0.1) is 0 Å². The summed E-state index contributed by atoms with van der Waals surface area (Å²) in [5.74, 6) is -0.748. The van der Waals surface area contributed by atoms with Gasteiger partial charge in [0.2, 0.25) is 0 Å². The highest BCUT2D eigenvalue weighted by Gasteiger charge is 2.39. The fourth-order valence-electron chi connectivity index (χ4n) is 4.02. The molecule has 0 atom stereocenters. The average molecular weight is 291 g/mol. The molecule has 0 bridgehead atoms. The molecule has 116 valence electrons. The van der Waals surface area contributed by atoms with E-state index in [1.165, 1.54) is 6.07 Å². The second kappa shape index (κ2) is 5.43. The summed E-state index contributed by atoms with van der Waals surface area (Å²) >= 11 is 0. The molecule has 2 nitrogen and oxygen atoms in total. The SMILES string of the molecule is Cc1ccc(F)c(C(=O)NC2CC(C)(C)CC(C)(C)C2)c1. The number of hydrogen-bond donors (Lipinski definition) is 1. The van der Waals surface area contributed by atoms with Crippen molar-refractivity contribution in [3.05, 3.63) is 35.1 Å². The number of carbonyl (C=O) groups is 1. The van der Waals surface area contributed by atoms with Crippen LogP contribution in [0, 0.1) is 23.6 Å². The maximum atomic E-state index is 13.8. The zero-order valence-electron chi connectivity index (χ0n) is 13.7. The quantitative estimate of drug-likeness (QED) is 0.856. The van der Waals surface area contributed by atoms with Gasteiger partial charge in [0.05, 0.1) is 5.56 Å². The molecule has 0 aromatic heterocycles. The van der Waals surface area contributed by atoms with Crippen LogP contribution in [0.5, 0.6) is 0 Å². The molecule has 1 saturated carbocycles. The number of hydrogen-bond acceptors (Lipinski definition) is 1. The minimum atomic E-state index is -0.451. The zero-order valence-corrected chi connectivity index (χ0v) is 13.7. The first-order valence-corrected chi connectivity index (χ1v) is 7.65.